The minimum Gasteiger partial charge on any atom is -0.454 e. The van der Waals surface area contributed by atoms with Crippen molar-refractivity contribution in [3.05, 3.63) is 53.9 Å². The molecule has 1 aliphatic rings. The highest BCUT2D eigenvalue weighted by Gasteiger charge is 2.20. The Bertz CT molecular complexity index is 925. The van der Waals surface area contributed by atoms with E-state index in [1.54, 1.807) is 0 Å². The van der Waals surface area contributed by atoms with E-state index in [1.807, 2.05) is 37.3 Å². The first-order chi connectivity index (χ1) is 11.7. The predicted octanol–water partition coefficient (Wildman–Crippen LogP) is 3.52. The summed E-state index contributed by atoms with van der Waals surface area (Å²) in [4.78, 5) is 4.79. The number of hydrogen-bond donors (Lipinski definition) is 0. The molecule has 1 aliphatic heterocycles. The fourth-order valence-electron chi connectivity index (χ4n) is 3.00. The molecular weight excluding hydrogens is 302 g/mol. The summed E-state index contributed by atoms with van der Waals surface area (Å²) in [5.41, 5.74) is 3.04. The molecule has 1 unspecified atom stereocenters. The highest BCUT2D eigenvalue weighted by molar-refractivity contribution is 5.81. The number of nitriles is 1. The Hall–Kier alpha value is -3.00. The van der Waals surface area contributed by atoms with Gasteiger partial charge in [-0.1, -0.05) is 30.3 Å². The molecule has 0 saturated carbocycles. The van der Waals surface area contributed by atoms with Gasteiger partial charge in [0.25, 0.3) is 0 Å². The summed E-state index contributed by atoms with van der Waals surface area (Å²) < 4.78 is 13.1. The van der Waals surface area contributed by atoms with Gasteiger partial charge in [-0.3, -0.25) is 0 Å². The Labute approximate surface area is 140 Å². The summed E-state index contributed by atoms with van der Waals surface area (Å²) in [7, 11) is 0. The largest absolute Gasteiger partial charge is 0.454 e. The first-order valence-corrected chi connectivity index (χ1v) is 7.97. The summed E-state index contributed by atoms with van der Waals surface area (Å²) in [5, 5.41) is 9.21. The number of nitrogens with zero attached hydrogens (tertiary/aromatic N) is 3. The van der Waals surface area contributed by atoms with E-state index in [9.17, 15) is 5.26 Å². The Morgan fingerprint density at radius 1 is 1.21 bits per heavy atom. The fraction of sp³-hybridized carbons (Fsp3) is 0.263. The van der Waals surface area contributed by atoms with Crippen molar-refractivity contribution in [3.63, 3.8) is 0 Å². The second-order valence-electron chi connectivity index (χ2n) is 6.03. The Kier molecular flexibility index (Phi) is 3.58. The molecule has 0 saturated heterocycles. The van der Waals surface area contributed by atoms with E-state index in [0.717, 1.165) is 34.8 Å². The standard InChI is InChI=1S/C19H17N3O2/c1-13(10-20)11-22-16-9-18-17(23-12-24-18)8-15(16)21-19(22)7-14-5-3-2-4-6-14/h2-6,8-9,13H,7,11-12H2,1H3. The van der Waals surface area contributed by atoms with Crippen LogP contribution < -0.4 is 9.47 Å². The molecule has 0 amide bonds. The van der Waals surface area contributed by atoms with Crippen LogP contribution in [-0.4, -0.2) is 16.3 Å². The topological polar surface area (TPSA) is 60.1 Å². The van der Waals surface area contributed by atoms with E-state index in [-0.39, 0.29) is 12.7 Å². The first-order valence-electron chi connectivity index (χ1n) is 7.97. The zero-order valence-electron chi connectivity index (χ0n) is 13.4. The summed E-state index contributed by atoms with van der Waals surface area (Å²) >= 11 is 0. The van der Waals surface area contributed by atoms with Crippen molar-refractivity contribution in [2.24, 2.45) is 5.92 Å². The van der Waals surface area contributed by atoms with Crippen LogP contribution in [0.15, 0.2) is 42.5 Å². The van der Waals surface area contributed by atoms with E-state index in [2.05, 4.69) is 22.8 Å². The van der Waals surface area contributed by atoms with Gasteiger partial charge in [-0.05, 0) is 12.5 Å². The monoisotopic (exact) mass is 319 g/mol. The average Bonchev–Trinajstić information content (AvgIpc) is 3.18. The Morgan fingerprint density at radius 3 is 2.71 bits per heavy atom. The van der Waals surface area contributed by atoms with Crippen molar-refractivity contribution in [2.45, 2.75) is 19.9 Å². The molecule has 0 aliphatic carbocycles. The molecule has 1 aromatic heterocycles. The molecule has 1 atom stereocenters. The Morgan fingerprint density at radius 2 is 1.96 bits per heavy atom. The van der Waals surface area contributed by atoms with E-state index in [4.69, 9.17) is 14.5 Å². The maximum absolute atomic E-state index is 9.21. The lowest BCUT2D eigenvalue weighted by Gasteiger charge is -2.11. The van der Waals surface area contributed by atoms with Crippen LogP contribution >= 0.6 is 0 Å². The normalized spacial score (nSPS) is 13.8. The number of rotatable bonds is 4. The summed E-state index contributed by atoms with van der Waals surface area (Å²) in [6.07, 6.45) is 0.722. The first kappa shape index (κ1) is 14.6. The maximum atomic E-state index is 9.21. The number of ether oxygens (including phenoxy) is 2. The SMILES string of the molecule is CC(C#N)Cn1c(Cc2ccccc2)nc2cc3c(cc21)OCO3. The highest BCUT2D eigenvalue weighted by Crippen LogP contribution is 2.36. The van der Waals surface area contributed by atoms with Crippen LogP contribution in [0.25, 0.3) is 11.0 Å². The van der Waals surface area contributed by atoms with E-state index in [0.29, 0.717) is 6.54 Å². The molecule has 120 valence electrons. The number of aromatic nitrogens is 2. The van der Waals surface area contributed by atoms with Crippen molar-refractivity contribution in [1.29, 1.82) is 5.26 Å². The van der Waals surface area contributed by atoms with Gasteiger partial charge in [0.1, 0.15) is 5.82 Å². The maximum Gasteiger partial charge on any atom is 0.231 e. The molecule has 2 aromatic carbocycles. The zero-order valence-corrected chi connectivity index (χ0v) is 13.4. The van der Waals surface area contributed by atoms with Crippen LogP contribution in [0.2, 0.25) is 0 Å². The fourth-order valence-corrected chi connectivity index (χ4v) is 3.00. The molecule has 0 fully saturated rings. The van der Waals surface area contributed by atoms with Gasteiger partial charge in [-0.2, -0.15) is 5.26 Å². The van der Waals surface area contributed by atoms with Gasteiger partial charge in [-0.15, -0.1) is 0 Å². The molecular formula is C19H17N3O2. The third-order valence-corrected chi connectivity index (χ3v) is 4.20. The second-order valence-corrected chi connectivity index (χ2v) is 6.03. The quantitative estimate of drug-likeness (QED) is 0.738. The van der Waals surface area contributed by atoms with Gasteiger partial charge in [0.2, 0.25) is 6.79 Å². The van der Waals surface area contributed by atoms with Gasteiger partial charge in [0.15, 0.2) is 11.5 Å². The highest BCUT2D eigenvalue weighted by atomic mass is 16.7. The van der Waals surface area contributed by atoms with Crippen LogP contribution in [0, 0.1) is 17.2 Å². The number of benzene rings is 2. The third-order valence-electron chi connectivity index (χ3n) is 4.20. The molecule has 3 aromatic rings. The van der Waals surface area contributed by atoms with Gasteiger partial charge < -0.3 is 14.0 Å². The molecule has 5 heteroatoms. The van der Waals surface area contributed by atoms with Crippen molar-refractivity contribution < 1.29 is 9.47 Å². The van der Waals surface area contributed by atoms with Crippen LogP contribution in [0.5, 0.6) is 11.5 Å². The van der Waals surface area contributed by atoms with E-state index < -0.39 is 0 Å². The van der Waals surface area contributed by atoms with Crippen LogP contribution in [0.3, 0.4) is 0 Å². The zero-order chi connectivity index (χ0) is 16.5. The minimum absolute atomic E-state index is 0.0950. The van der Waals surface area contributed by atoms with Crippen molar-refractivity contribution in [2.75, 3.05) is 6.79 Å². The lowest BCUT2D eigenvalue weighted by molar-refractivity contribution is 0.174. The molecule has 5 nitrogen and oxygen atoms in total. The van der Waals surface area contributed by atoms with Gasteiger partial charge in [-0.25, -0.2) is 4.98 Å². The van der Waals surface area contributed by atoms with Crippen LogP contribution in [-0.2, 0) is 13.0 Å². The molecule has 0 bridgehead atoms. The molecule has 2 heterocycles. The average molecular weight is 319 g/mol. The number of hydrogen-bond acceptors (Lipinski definition) is 4. The van der Waals surface area contributed by atoms with Crippen molar-refractivity contribution in [1.82, 2.24) is 9.55 Å². The van der Waals surface area contributed by atoms with Gasteiger partial charge in [0.05, 0.1) is 23.0 Å². The van der Waals surface area contributed by atoms with Gasteiger partial charge >= 0.3 is 0 Å². The molecule has 0 spiro atoms. The van der Waals surface area contributed by atoms with E-state index in [1.165, 1.54) is 5.56 Å². The molecule has 0 N–H and O–H groups in total. The lowest BCUT2D eigenvalue weighted by Crippen LogP contribution is -2.10. The summed E-state index contributed by atoms with van der Waals surface area (Å²) in [5.74, 6) is 2.32. The van der Waals surface area contributed by atoms with Crippen molar-refractivity contribution in [3.8, 4) is 17.6 Å². The molecule has 4 rings (SSSR count). The smallest absolute Gasteiger partial charge is 0.231 e. The number of fused-ring (bicyclic) bond motifs is 2. The summed E-state index contributed by atoms with van der Waals surface area (Å²) in [6, 6.07) is 16.4. The second kappa shape index (κ2) is 5.89. The summed E-state index contributed by atoms with van der Waals surface area (Å²) in [6.45, 7) is 2.77. The van der Waals surface area contributed by atoms with Crippen LogP contribution in [0.4, 0.5) is 0 Å². The lowest BCUT2D eigenvalue weighted by atomic mass is 10.1. The minimum atomic E-state index is -0.0950. The predicted molar refractivity (Wildman–Crippen MR) is 89.9 cm³/mol. The number of imidazole rings is 1. The third kappa shape index (κ3) is 2.56. The molecule has 24 heavy (non-hydrogen) atoms. The molecule has 0 radical (unpaired) electrons. The van der Waals surface area contributed by atoms with Gasteiger partial charge in [0, 0.05) is 25.1 Å². The van der Waals surface area contributed by atoms with Crippen LogP contribution in [0.1, 0.15) is 18.3 Å². The van der Waals surface area contributed by atoms with Crippen molar-refractivity contribution >= 4 is 11.0 Å². The van der Waals surface area contributed by atoms with E-state index >= 15 is 0 Å². The Balaban J connectivity index is 1.82.